The van der Waals surface area contributed by atoms with E-state index >= 15 is 0 Å². The lowest BCUT2D eigenvalue weighted by Crippen LogP contribution is -2.61. The van der Waals surface area contributed by atoms with Crippen LogP contribution in [0.1, 0.15) is 79.4 Å². The molecule has 294 valence electrons. The lowest BCUT2D eigenvalue weighted by molar-refractivity contribution is -0.135. The molecule has 2 N–H and O–H groups in total. The number of imidazole rings is 1. The fourth-order valence-electron chi connectivity index (χ4n) is 9.77. The number of carbonyl (C=O) groups excluding carboxylic acids is 3. The Morgan fingerprint density at radius 1 is 1.05 bits per heavy atom. The zero-order valence-electron chi connectivity index (χ0n) is 32.2. The highest BCUT2D eigenvalue weighted by molar-refractivity contribution is 6.06. The van der Waals surface area contributed by atoms with Crippen LogP contribution >= 0.6 is 0 Å². The number of aromatic nitrogens is 5. The molecule has 3 amide bonds. The maximum atomic E-state index is 13.5. The third-order valence-corrected chi connectivity index (χ3v) is 12.8. The number of amides is 3. The SMILES string of the molecule is COc1cc2nn(C3CCC(CN4CC5(CCN(c6cccc7c6n(C)c(=O)n7C6CCC(=O)NC6=O)CC5)C4)CC3)cc2cc1NC(=O)c1cncc(C#N)c1. The molecule has 0 bridgehead atoms. The Kier molecular flexibility index (Phi) is 9.31. The number of likely N-dealkylation sites (tertiary alicyclic amines) is 1. The fraction of sp³-hybridized carbons (Fsp3) is 0.452. The van der Waals surface area contributed by atoms with Crippen molar-refractivity contribution in [3.05, 3.63) is 76.6 Å². The van der Waals surface area contributed by atoms with Crippen molar-refractivity contribution < 1.29 is 19.1 Å². The van der Waals surface area contributed by atoms with E-state index < -0.39 is 11.9 Å². The number of hydrogen-bond donors (Lipinski definition) is 2. The molecule has 0 radical (unpaired) electrons. The van der Waals surface area contributed by atoms with Gasteiger partial charge in [-0.1, -0.05) is 6.07 Å². The summed E-state index contributed by atoms with van der Waals surface area (Å²) in [5.41, 5.74) is 4.64. The summed E-state index contributed by atoms with van der Waals surface area (Å²) in [5, 5.41) is 20.3. The molecule has 9 rings (SSSR count). The molecule has 3 aliphatic heterocycles. The maximum Gasteiger partial charge on any atom is 0.329 e. The Labute approximate surface area is 329 Å². The van der Waals surface area contributed by atoms with Crippen molar-refractivity contribution in [1.82, 2.24) is 34.1 Å². The number of imide groups is 1. The maximum absolute atomic E-state index is 13.5. The first-order valence-electron chi connectivity index (χ1n) is 19.9. The molecule has 3 saturated heterocycles. The number of benzene rings is 2. The van der Waals surface area contributed by atoms with Gasteiger partial charge in [0.05, 0.1) is 52.2 Å². The Morgan fingerprint density at radius 3 is 2.58 bits per heavy atom. The van der Waals surface area contributed by atoms with Gasteiger partial charge in [-0.3, -0.25) is 38.5 Å². The summed E-state index contributed by atoms with van der Waals surface area (Å²) in [5.74, 6) is 0.0921. The molecule has 1 atom stereocenters. The van der Waals surface area contributed by atoms with Gasteiger partial charge < -0.3 is 19.9 Å². The number of nitriles is 1. The van der Waals surface area contributed by atoms with Crippen molar-refractivity contribution in [3.8, 4) is 11.8 Å². The van der Waals surface area contributed by atoms with Crippen LogP contribution < -0.4 is 26.0 Å². The number of aryl methyl sites for hydroxylation is 1. The molecule has 1 unspecified atom stereocenters. The number of para-hydroxylation sites is 1. The second-order valence-corrected chi connectivity index (χ2v) is 16.4. The quantitative estimate of drug-likeness (QED) is 0.214. The first-order valence-corrected chi connectivity index (χ1v) is 19.9. The van der Waals surface area contributed by atoms with Gasteiger partial charge in [0.15, 0.2) is 0 Å². The van der Waals surface area contributed by atoms with Crippen LogP contribution in [-0.2, 0) is 16.6 Å². The summed E-state index contributed by atoms with van der Waals surface area (Å²) >= 11 is 0. The van der Waals surface area contributed by atoms with E-state index in [9.17, 15) is 24.4 Å². The van der Waals surface area contributed by atoms with E-state index in [2.05, 4.69) is 42.4 Å². The zero-order valence-corrected chi connectivity index (χ0v) is 32.2. The van der Waals surface area contributed by atoms with E-state index in [1.54, 1.807) is 23.3 Å². The highest BCUT2D eigenvalue weighted by atomic mass is 16.5. The lowest BCUT2D eigenvalue weighted by Gasteiger charge is -2.55. The van der Waals surface area contributed by atoms with Crippen LogP contribution in [-0.4, -0.2) is 86.4 Å². The van der Waals surface area contributed by atoms with Gasteiger partial charge in [-0.25, -0.2) is 4.79 Å². The molecule has 15 heteroatoms. The second kappa shape index (κ2) is 14.5. The van der Waals surface area contributed by atoms with Gasteiger partial charge in [-0.2, -0.15) is 10.4 Å². The van der Waals surface area contributed by atoms with Crippen molar-refractivity contribution in [3.63, 3.8) is 0 Å². The normalized spacial score (nSPS) is 22.3. The van der Waals surface area contributed by atoms with E-state index in [4.69, 9.17) is 9.84 Å². The monoisotopic (exact) mass is 770 g/mol. The van der Waals surface area contributed by atoms with Gasteiger partial charge in [-0.15, -0.1) is 0 Å². The molecule has 2 aromatic carbocycles. The van der Waals surface area contributed by atoms with E-state index in [-0.39, 0.29) is 23.9 Å². The number of fused-ring (bicyclic) bond motifs is 2. The summed E-state index contributed by atoms with van der Waals surface area (Å²) in [4.78, 5) is 60.0. The minimum atomic E-state index is -0.693. The van der Waals surface area contributed by atoms with Gasteiger partial charge in [0.1, 0.15) is 17.9 Å². The van der Waals surface area contributed by atoms with Crippen LogP contribution in [0.3, 0.4) is 0 Å². The number of rotatable bonds is 8. The zero-order chi connectivity index (χ0) is 39.4. The van der Waals surface area contributed by atoms with E-state index in [0.29, 0.717) is 46.4 Å². The van der Waals surface area contributed by atoms with Crippen molar-refractivity contribution in [2.75, 3.05) is 50.1 Å². The van der Waals surface area contributed by atoms with Gasteiger partial charge >= 0.3 is 5.69 Å². The molecule has 6 heterocycles. The van der Waals surface area contributed by atoms with Crippen LogP contribution in [0.5, 0.6) is 5.75 Å². The largest absolute Gasteiger partial charge is 0.494 e. The third kappa shape index (κ3) is 6.71. The van der Waals surface area contributed by atoms with Crippen LogP contribution in [0.25, 0.3) is 21.9 Å². The predicted molar refractivity (Wildman–Crippen MR) is 213 cm³/mol. The summed E-state index contributed by atoms with van der Waals surface area (Å²) in [6, 6.07) is 12.8. The van der Waals surface area contributed by atoms with Crippen molar-refractivity contribution in [2.45, 2.75) is 63.5 Å². The topological polar surface area (TPSA) is 172 Å². The molecule has 1 aliphatic carbocycles. The molecule has 57 heavy (non-hydrogen) atoms. The number of anilines is 2. The predicted octanol–water partition coefficient (Wildman–Crippen LogP) is 4.53. The summed E-state index contributed by atoms with van der Waals surface area (Å²) in [6.07, 6.45) is 12.1. The third-order valence-electron chi connectivity index (χ3n) is 12.8. The number of ether oxygens (including phenoxy) is 1. The smallest absolute Gasteiger partial charge is 0.329 e. The molecule has 3 aromatic heterocycles. The van der Waals surface area contributed by atoms with Gasteiger partial charge in [0, 0.05) is 76.2 Å². The molecule has 5 aromatic rings. The van der Waals surface area contributed by atoms with Gasteiger partial charge in [0.2, 0.25) is 11.8 Å². The average Bonchev–Trinajstić information content (AvgIpc) is 3.74. The molecular weight excluding hydrogens is 725 g/mol. The first kappa shape index (κ1) is 36.6. The second-order valence-electron chi connectivity index (χ2n) is 16.4. The minimum absolute atomic E-state index is 0.221. The molecule has 1 spiro atoms. The summed E-state index contributed by atoms with van der Waals surface area (Å²) in [6.45, 7) is 5.21. The summed E-state index contributed by atoms with van der Waals surface area (Å²) in [7, 11) is 3.33. The van der Waals surface area contributed by atoms with E-state index in [1.165, 1.54) is 18.5 Å². The minimum Gasteiger partial charge on any atom is -0.494 e. The fourth-order valence-corrected chi connectivity index (χ4v) is 9.77. The number of nitrogens with zero attached hydrogens (tertiary/aromatic N) is 8. The van der Waals surface area contributed by atoms with E-state index in [0.717, 1.165) is 98.9 Å². The number of hydrogen-bond acceptors (Lipinski definition) is 10. The number of methoxy groups -OCH3 is 1. The van der Waals surface area contributed by atoms with E-state index in [1.807, 2.05) is 30.3 Å². The molecular formula is C42H46N10O5. The highest BCUT2D eigenvalue weighted by Gasteiger charge is 2.45. The Bertz CT molecular complexity index is 2510. The average molecular weight is 771 g/mol. The Balaban J connectivity index is 0.785. The van der Waals surface area contributed by atoms with Crippen LogP contribution in [0.2, 0.25) is 0 Å². The highest BCUT2D eigenvalue weighted by Crippen LogP contribution is 2.44. The van der Waals surface area contributed by atoms with Crippen molar-refractivity contribution >= 4 is 51.0 Å². The lowest BCUT2D eigenvalue weighted by atomic mass is 9.71. The van der Waals surface area contributed by atoms with Crippen LogP contribution in [0.4, 0.5) is 11.4 Å². The number of piperidine rings is 2. The number of nitrogens with one attached hydrogen (secondary N) is 2. The molecule has 4 fully saturated rings. The molecule has 4 aliphatic rings. The Morgan fingerprint density at radius 2 is 1.84 bits per heavy atom. The van der Waals surface area contributed by atoms with Gasteiger partial charge in [-0.05, 0) is 80.5 Å². The standard InChI is InChI=1S/C42H46N10O5/c1-48-38-33(4-3-5-34(38)52(41(48)56)35-10-11-37(53)46-40(35)55)50-14-12-42(13-15-50)24-49(25-42)22-26-6-8-30(9-7-26)51-23-29-17-32(36(57-2)18-31(29)47-51)45-39(54)28-16-27(19-43)20-44-21-28/h3-5,16-18,20-21,23,26,30,35H,6-15,22,24-25H2,1-2H3,(H,45,54)(H,46,53,55). The van der Waals surface area contributed by atoms with Gasteiger partial charge in [0.25, 0.3) is 5.91 Å². The first-order chi connectivity index (χ1) is 27.6. The summed E-state index contributed by atoms with van der Waals surface area (Å²) < 4.78 is 10.9. The van der Waals surface area contributed by atoms with Crippen molar-refractivity contribution in [1.29, 1.82) is 5.26 Å². The Hall–Kier alpha value is -6.01. The van der Waals surface area contributed by atoms with Crippen LogP contribution in [0, 0.1) is 22.7 Å². The number of carbonyl (C=O) groups is 3. The molecule has 15 nitrogen and oxygen atoms in total. The van der Waals surface area contributed by atoms with Crippen LogP contribution in [0.15, 0.2) is 59.8 Å². The van der Waals surface area contributed by atoms with Crippen molar-refractivity contribution in [2.24, 2.45) is 18.4 Å². The number of pyridine rings is 1. The molecule has 1 saturated carbocycles.